The van der Waals surface area contributed by atoms with Gasteiger partial charge in [0.1, 0.15) is 5.75 Å². The topological polar surface area (TPSA) is 69.4 Å². The van der Waals surface area contributed by atoms with Gasteiger partial charge in [-0.05, 0) is 19.0 Å². The first kappa shape index (κ1) is 13.0. The summed E-state index contributed by atoms with van der Waals surface area (Å²) in [6, 6.07) is 7.14. The Morgan fingerprint density at radius 3 is 2.62 bits per heavy atom. The Hall–Kier alpha value is -1.07. The van der Waals surface area contributed by atoms with Crippen LogP contribution in [0.1, 0.15) is 12.0 Å². The number of para-hydroxylation sites is 1. The fourth-order valence-electron chi connectivity index (χ4n) is 1.43. The third-order valence-electron chi connectivity index (χ3n) is 2.23. The van der Waals surface area contributed by atoms with Crippen molar-refractivity contribution in [1.82, 2.24) is 0 Å². The molecule has 0 atom stereocenters. The monoisotopic (exact) mass is 243 g/mol. The third kappa shape index (κ3) is 3.83. The highest BCUT2D eigenvalue weighted by atomic mass is 32.2. The lowest BCUT2D eigenvalue weighted by Crippen LogP contribution is -2.13. The summed E-state index contributed by atoms with van der Waals surface area (Å²) < 4.78 is 28.5. The zero-order chi connectivity index (χ0) is 12.0. The molecule has 0 fully saturated rings. The lowest BCUT2D eigenvalue weighted by molar-refractivity contribution is 0.411. The summed E-state index contributed by atoms with van der Waals surface area (Å²) in [4.78, 5) is 0. The molecule has 0 radical (unpaired) electrons. The van der Waals surface area contributed by atoms with E-state index >= 15 is 0 Å². The molecule has 0 spiro atoms. The van der Waals surface area contributed by atoms with E-state index in [0.29, 0.717) is 24.3 Å². The minimum atomic E-state index is -3.09. The van der Waals surface area contributed by atoms with Crippen LogP contribution in [0.4, 0.5) is 0 Å². The lowest BCUT2D eigenvalue weighted by Gasteiger charge is -2.08. The normalized spacial score (nSPS) is 11.4. The zero-order valence-electron chi connectivity index (χ0n) is 9.35. The molecule has 0 bridgehead atoms. The van der Waals surface area contributed by atoms with Crippen molar-refractivity contribution in [3.8, 4) is 5.75 Å². The second kappa shape index (κ2) is 5.86. The van der Waals surface area contributed by atoms with Crippen LogP contribution in [-0.4, -0.2) is 27.8 Å². The molecule has 0 saturated heterocycles. The minimum absolute atomic E-state index is 0.0109. The third-order valence-corrected chi connectivity index (χ3v) is 3.89. The van der Waals surface area contributed by atoms with Gasteiger partial charge in [0.05, 0.1) is 18.6 Å². The smallest absolute Gasteiger partial charge is 0.154 e. The van der Waals surface area contributed by atoms with Crippen molar-refractivity contribution in [3.63, 3.8) is 0 Å². The van der Waals surface area contributed by atoms with Gasteiger partial charge >= 0.3 is 0 Å². The van der Waals surface area contributed by atoms with Crippen LogP contribution in [0.2, 0.25) is 0 Å². The van der Waals surface area contributed by atoms with Gasteiger partial charge < -0.3 is 10.5 Å². The largest absolute Gasteiger partial charge is 0.496 e. The Labute approximate surface area is 96.3 Å². The molecule has 1 rings (SSSR count). The van der Waals surface area contributed by atoms with E-state index in [4.69, 9.17) is 10.5 Å². The number of hydrogen-bond acceptors (Lipinski definition) is 4. The zero-order valence-corrected chi connectivity index (χ0v) is 10.2. The summed E-state index contributed by atoms with van der Waals surface area (Å²) in [5.74, 6) is 0.747. The highest BCUT2D eigenvalue weighted by Crippen LogP contribution is 2.20. The van der Waals surface area contributed by atoms with Crippen LogP contribution in [0.5, 0.6) is 5.75 Å². The van der Waals surface area contributed by atoms with Gasteiger partial charge in [0, 0.05) is 5.56 Å². The fraction of sp³-hybridized carbons (Fsp3) is 0.455. The maximum absolute atomic E-state index is 11.7. The van der Waals surface area contributed by atoms with Crippen LogP contribution >= 0.6 is 0 Å². The van der Waals surface area contributed by atoms with Crippen molar-refractivity contribution < 1.29 is 13.2 Å². The average Bonchev–Trinajstić information content (AvgIpc) is 2.27. The quantitative estimate of drug-likeness (QED) is 0.808. The van der Waals surface area contributed by atoms with E-state index in [-0.39, 0.29) is 11.5 Å². The van der Waals surface area contributed by atoms with Crippen molar-refractivity contribution in [1.29, 1.82) is 0 Å². The van der Waals surface area contributed by atoms with E-state index in [0.717, 1.165) is 0 Å². The van der Waals surface area contributed by atoms with Gasteiger partial charge in [-0.25, -0.2) is 8.42 Å². The van der Waals surface area contributed by atoms with Crippen molar-refractivity contribution in [3.05, 3.63) is 29.8 Å². The Kier molecular flexibility index (Phi) is 4.76. The summed E-state index contributed by atoms with van der Waals surface area (Å²) >= 11 is 0. The lowest BCUT2D eigenvalue weighted by atomic mass is 10.2. The van der Waals surface area contributed by atoms with E-state index in [1.807, 2.05) is 6.07 Å². The van der Waals surface area contributed by atoms with Crippen LogP contribution in [0.3, 0.4) is 0 Å². The van der Waals surface area contributed by atoms with E-state index in [9.17, 15) is 8.42 Å². The van der Waals surface area contributed by atoms with Crippen LogP contribution in [0.25, 0.3) is 0 Å². The van der Waals surface area contributed by atoms with Crippen molar-refractivity contribution >= 4 is 9.84 Å². The van der Waals surface area contributed by atoms with Crippen LogP contribution < -0.4 is 10.5 Å². The summed E-state index contributed by atoms with van der Waals surface area (Å²) in [6.07, 6.45) is 0.498. The Bertz CT molecular complexity index is 429. The van der Waals surface area contributed by atoms with E-state index in [2.05, 4.69) is 0 Å². The molecule has 0 aliphatic carbocycles. The first-order valence-electron chi connectivity index (χ1n) is 5.11. The molecular weight excluding hydrogens is 226 g/mol. The van der Waals surface area contributed by atoms with Crippen LogP contribution in [0, 0.1) is 0 Å². The number of methoxy groups -OCH3 is 1. The highest BCUT2D eigenvalue weighted by Gasteiger charge is 2.14. The molecule has 1 aromatic rings. The Morgan fingerprint density at radius 1 is 1.31 bits per heavy atom. The fourth-order valence-corrected chi connectivity index (χ4v) is 2.90. The predicted molar refractivity (Wildman–Crippen MR) is 64.2 cm³/mol. The summed E-state index contributed by atoms with van der Waals surface area (Å²) in [6.45, 7) is 0.394. The van der Waals surface area contributed by atoms with Crippen LogP contribution in [0.15, 0.2) is 24.3 Å². The molecule has 4 nitrogen and oxygen atoms in total. The molecule has 0 saturated carbocycles. The molecule has 90 valence electrons. The summed E-state index contributed by atoms with van der Waals surface area (Å²) in [7, 11) is -1.56. The molecule has 16 heavy (non-hydrogen) atoms. The standard InChI is InChI=1S/C11H17NO3S/c1-15-11-6-3-2-5-10(11)9-16(13,14)8-4-7-12/h2-3,5-6H,4,7-9,12H2,1H3. The Morgan fingerprint density at radius 2 is 2.00 bits per heavy atom. The van der Waals surface area contributed by atoms with Gasteiger partial charge in [-0.2, -0.15) is 0 Å². The first-order valence-corrected chi connectivity index (χ1v) is 6.93. The van der Waals surface area contributed by atoms with Gasteiger partial charge in [-0.3, -0.25) is 0 Å². The van der Waals surface area contributed by atoms with Crippen molar-refractivity contribution in [2.24, 2.45) is 5.73 Å². The highest BCUT2D eigenvalue weighted by molar-refractivity contribution is 7.90. The van der Waals surface area contributed by atoms with Gasteiger partial charge in [-0.15, -0.1) is 0 Å². The molecule has 0 aromatic heterocycles. The predicted octanol–water partition coefficient (Wildman–Crippen LogP) is 0.959. The molecule has 0 unspecified atom stereocenters. The van der Waals surface area contributed by atoms with Crippen LogP contribution in [-0.2, 0) is 15.6 Å². The molecule has 5 heteroatoms. The summed E-state index contributed by atoms with van der Waals surface area (Å²) in [5, 5.41) is 0. The molecule has 0 amide bonds. The molecule has 0 heterocycles. The van der Waals surface area contributed by atoms with Gasteiger partial charge in [0.15, 0.2) is 9.84 Å². The maximum atomic E-state index is 11.7. The van der Waals surface area contributed by atoms with E-state index in [1.54, 1.807) is 18.2 Å². The minimum Gasteiger partial charge on any atom is -0.496 e. The molecular formula is C11H17NO3S. The number of benzene rings is 1. The number of nitrogens with two attached hydrogens (primary N) is 1. The number of ether oxygens (including phenoxy) is 1. The van der Waals surface area contributed by atoms with Gasteiger partial charge in [-0.1, -0.05) is 18.2 Å². The van der Waals surface area contributed by atoms with Gasteiger partial charge in [0.25, 0.3) is 0 Å². The van der Waals surface area contributed by atoms with Crippen molar-refractivity contribution in [2.75, 3.05) is 19.4 Å². The number of hydrogen-bond donors (Lipinski definition) is 1. The second-order valence-corrected chi connectivity index (χ2v) is 5.73. The number of rotatable bonds is 6. The number of sulfone groups is 1. The first-order chi connectivity index (χ1) is 7.59. The van der Waals surface area contributed by atoms with Gasteiger partial charge in [0.2, 0.25) is 0 Å². The van der Waals surface area contributed by atoms with Crippen molar-refractivity contribution in [2.45, 2.75) is 12.2 Å². The van der Waals surface area contributed by atoms with E-state index < -0.39 is 9.84 Å². The average molecular weight is 243 g/mol. The molecule has 0 aliphatic heterocycles. The molecule has 0 aliphatic rings. The Balaban J connectivity index is 2.79. The summed E-state index contributed by atoms with van der Waals surface area (Å²) in [5.41, 5.74) is 5.99. The van der Waals surface area contributed by atoms with E-state index in [1.165, 1.54) is 7.11 Å². The SMILES string of the molecule is COc1ccccc1CS(=O)(=O)CCCN. The molecule has 1 aromatic carbocycles. The second-order valence-electron chi connectivity index (χ2n) is 3.55. The maximum Gasteiger partial charge on any atom is 0.154 e. The molecule has 2 N–H and O–H groups in total.